The lowest BCUT2D eigenvalue weighted by Gasteiger charge is -2.32. The van der Waals surface area contributed by atoms with Crippen molar-refractivity contribution in [3.63, 3.8) is 0 Å². The third-order valence-corrected chi connectivity index (χ3v) is 6.64. The molecule has 6 nitrogen and oxygen atoms in total. The highest BCUT2D eigenvalue weighted by Gasteiger charge is 2.35. The van der Waals surface area contributed by atoms with Crippen LogP contribution in [0.25, 0.3) is 0 Å². The Morgan fingerprint density at radius 2 is 2.14 bits per heavy atom. The van der Waals surface area contributed by atoms with Gasteiger partial charge in [0, 0.05) is 25.8 Å². The average molecular weight is 337 g/mol. The number of aliphatic carboxylic acids is 1. The van der Waals surface area contributed by atoms with Crippen molar-refractivity contribution in [2.75, 3.05) is 19.8 Å². The first-order valence-electron chi connectivity index (χ1n) is 6.47. The predicted octanol–water partition coefficient (Wildman–Crippen LogP) is 1.53. The van der Waals surface area contributed by atoms with Gasteiger partial charge in [0.05, 0.1) is 6.42 Å². The van der Waals surface area contributed by atoms with Gasteiger partial charge in [-0.3, -0.25) is 4.79 Å². The van der Waals surface area contributed by atoms with Gasteiger partial charge in [0.15, 0.2) is 10.0 Å². The fourth-order valence-electron chi connectivity index (χ4n) is 2.25. The Kier molecular flexibility index (Phi) is 5.31. The standard InChI is InChI=1S/C12H16FNO5S2/c13-10-4-8-20-12(10)21(17,18)14(5-1-11(15)16)9-2-6-19-7-3-9/h4,8-9H,1-3,5-7H2,(H,15,16). The van der Waals surface area contributed by atoms with Crippen LogP contribution in [-0.2, 0) is 19.6 Å². The second kappa shape index (κ2) is 6.82. The summed E-state index contributed by atoms with van der Waals surface area (Å²) in [5, 5.41) is 10.2. The molecule has 118 valence electrons. The maximum atomic E-state index is 13.6. The van der Waals surface area contributed by atoms with Crippen LogP contribution in [0.4, 0.5) is 4.39 Å². The summed E-state index contributed by atoms with van der Waals surface area (Å²) in [4.78, 5) is 10.7. The number of carboxylic acid groups (broad SMARTS) is 1. The molecule has 0 amide bonds. The van der Waals surface area contributed by atoms with E-state index in [1.165, 1.54) is 5.38 Å². The topological polar surface area (TPSA) is 83.9 Å². The summed E-state index contributed by atoms with van der Waals surface area (Å²) in [5.41, 5.74) is 0. The molecule has 0 bridgehead atoms. The molecule has 0 spiro atoms. The molecule has 1 aromatic heterocycles. The van der Waals surface area contributed by atoms with E-state index in [1.54, 1.807) is 0 Å². The molecule has 9 heteroatoms. The smallest absolute Gasteiger partial charge is 0.304 e. The van der Waals surface area contributed by atoms with E-state index in [-0.39, 0.29) is 23.2 Å². The van der Waals surface area contributed by atoms with Gasteiger partial charge in [0.2, 0.25) is 0 Å². The van der Waals surface area contributed by atoms with Crippen LogP contribution in [0.15, 0.2) is 15.7 Å². The maximum absolute atomic E-state index is 13.6. The molecule has 1 aliphatic heterocycles. The number of carboxylic acids is 1. The molecule has 0 saturated carbocycles. The van der Waals surface area contributed by atoms with Crippen molar-refractivity contribution in [3.8, 4) is 0 Å². The Balaban J connectivity index is 2.29. The lowest BCUT2D eigenvalue weighted by atomic mass is 10.1. The molecule has 2 rings (SSSR count). The molecule has 0 atom stereocenters. The first-order valence-corrected chi connectivity index (χ1v) is 8.79. The molecule has 0 unspecified atom stereocenters. The van der Waals surface area contributed by atoms with Crippen molar-refractivity contribution in [1.29, 1.82) is 0 Å². The summed E-state index contributed by atoms with van der Waals surface area (Å²) < 4.78 is 44.8. The zero-order chi connectivity index (χ0) is 15.5. The first-order chi connectivity index (χ1) is 9.93. The second-order valence-corrected chi connectivity index (χ2v) is 7.66. The van der Waals surface area contributed by atoms with Crippen LogP contribution in [0.3, 0.4) is 0 Å². The summed E-state index contributed by atoms with van der Waals surface area (Å²) in [6, 6.07) is 0.737. The normalized spacial score (nSPS) is 17.2. The number of ether oxygens (including phenoxy) is 1. The van der Waals surface area contributed by atoms with E-state index in [0.717, 1.165) is 21.7 Å². The van der Waals surface area contributed by atoms with Gasteiger partial charge >= 0.3 is 5.97 Å². The molecule has 1 aromatic rings. The van der Waals surface area contributed by atoms with E-state index in [0.29, 0.717) is 26.1 Å². The van der Waals surface area contributed by atoms with Crippen molar-refractivity contribution in [1.82, 2.24) is 4.31 Å². The molecule has 0 aromatic carbocycles. The van der Waals surface area contributed by atoms with Crippen LogP contribution in [0, 0.1) is 5.82 Å². The van der Waals surface area contributed by atoms with Gasteiger partial charge in [-0.1, -0.05) is 0 Å². The van der Waals surface area contributed by atoms with Crippen LogP contribution in [0.5, 0.6) is 0 Å². The fourth-order valence-corrected chi connectivity index (χ4v) is 5.14. The number of hydrogen-bond donors (Lipinski definition) is 1. The molecule has 2 heterocycles. The van der Waals surface area contributed by atoms with Crippen molar-refractivity contribution in [2.24, 2.45) is 0 Å². The van der Waals surface area contributed by atoms with Crippen molar-refractivity contribution < 1.29 is 27.4 Å². The monoisotopic (exact) mass is 337 g/mol. The highest BCUT2D eigenvalue weighted by molar-refractivity contribution is 7.91. The van der Waals surface area contributed by atoms with Crippen LogP contribution < -0.4 is 0 Å². The molecule has 0 radical (unpaired) electrons. The number of nitrogens with zero attached hydrogens (tertiary/aromatic N) is 1. The SMILES string of the molecule is O=C(O)CCN(C1CCOCC1)S(=O)(=O)c1sccc1F. The number of thiophene rings is 1. The number of carbonyl (C=O) groups is 1. The summed E-state index contributed by atoms with van der Waals surface area (Å²) in [7, 11) is -4.03. The van der Waals surface area contributed by atoms with Crippen molar-refractivity contribution in [2.45, 2.75) is 29.5 Å². The molecular formula is C12H16FNO5S2. The minimum absolute atomic E-state index is 0.167. The van der Waals surface area contributed by atoms with Crippen LogP contribution in [0.2, 0.25) is 0 Å². The molecule has 1 fully saturated rings. The molecule has 1 saturated heterocycles. The Morgan fingerprint density at radius 3 is 2.67 bits per heavy atom. The molecule has 0 aliphatic carbocycles. The Labute approximate surface area is 126 Å². The summed E-state index contributed by atoms with van der Waals surface area (Å²) in [5.74, 6) is -1.89. The van der Waals surface area contributed by atoms with E-state index in [4.69, 9.17) is 9.84 Å². The molecule has 21 heavy (non-hydrogen) atoms. The van der Waals surface area contributed by atoms with E-state index in [2.05, 4.69) is 0 Å². The van der Waals surface area contributed by atoms with E-state index in [9.17, 15) is 17.6 Å². The number of sulfonamides is 1. The van der Waals surface area contributed by atoms with Gasteiger partial charge < -0.3 is 9.84 Å². The third-order valence-electron chi connectivity index (χ3n) is 3.27. The van der Waals surface area contributed by atoms with Crippen molar-refractivity contribution >= 4 is 27.3 Å². The predicted molar refractivity (Wildman–Crippen MR) is 74.3 cm³/mol. The quantitative estimate of drug-likeness (QED) is 0.851. The van der Waals surface area contributed by atoms with Crippen LogP contribution >= 0.6 is 11.3 Å². The summed E-state index contributed by atoms with van der Waals surface area (Å²) in [6.07, 6.45) is 0.640. The molecular weight excluding hydrogens is 321 g/mol. The van der Waals surface area contributed by atoms with Gasteiger partial charge in [-0.15, -0.1) is 11.3 Å². The molecule has 1 aliphatic rings. The number of hydrogen-bond acceptors (Lipinski definition) is 5. The molecule has 1 N–H and O–H groups in total. The zero-order valence-electron chi connectivity index (χ0n) is 11.2. The minimum Gasteiger partial charge on any atom is -0.481 e. The summed E-state index contributed by atoms with van der Waals surface area (Å²) in [6.45, 7) is 0.660. The average Bonchev–Trinajstić information content (AvgIpc) is 2.86. The van der Waals surface area contributed by atoms with Gasteiger partial charge in [-0.05, 0) is 24.3 Å². The zero-order valence-corrected chi connectivity index (χ0v) is 12.8. The van der Waals surface area contributed by atoms with Crippen LogP contribution in [0.1, 0.15) is 19.3 Å². The third kappa shape index (κ3) is 3.79. The van der Waals surface area contributed by atoms with Gasteiger partial charge in [-0.25, -0.2) is 12.8 Å². The number of rotatable bonds is 6. The van der Waals surface area contributed by atoms with E-state index >= 15 is 0 Å². The van der Waals surface area contributed by atoms with E-state index < -0.39 is 21.8 Å². The van der Waals surface area contributed by atoms with Crippen LogP contribution in [-0.4, -0.2) is 49.6 Å². The highest BCUT2D eigenvalue weighted by Crippen LogP contribution is 2.29. The Bertz CT molecular complexity index is 595. The summed E-state index contributed by atoms with van der Waals surface area (Å²) >= 11 is 0.800. The van der Waals surface area contributed by atoms with Crippen molar-refractivity contribution in [3.05, 3.63) is 17.3 Å². The first kappa shape index (κ1) is 16.3. The fraction of sp³-hybridized carbons (Fsp3) is 0.583. The number of halogens is 1. The van der Waals surface area contributed by atoms with Gasteiger partial charge in [0.25, 0.3) is 10.0 Å². The lowest BCUT2D eigenvalue weighted by molar-refractivity contribution is -0.137. The minimum atomic E-state index is -4.03. The maximum Gasteiger partial charge on any atom is 0.304 e. The van der Waals surface area contributed by atoms with Gasteiger partial charge in [0.1, 0.15) is 0 Å². The second-order valence-electron chi connectivity index (χ2n) is 4.66. The largest absolute Gasteiger partial charge is 0.481 e. The highest BCUT2D eigenvalue weighted by atomic mass is 32.2. The van der Waals surface area contributed by atoms with E-state index in [1.807, 2.05) is 0 Å². The Morgan fingerprint density at radius 1 is 1.48 bits per heavy atom. The lowest BCUT2D eigenvalue weighted by Crippen LogP contribution is -2.44. The Hall–Kier alpha value is -1.03. The van der Waals surface area contributed by atoms with Gasteiger partial charge in [-0.2, -0.15) is 4.31 Å².